The monoisotopic (exact) mass is 365 g/mol. The summed E-state index contributed by atoms with van der Waals surface area (Å²) in [6.45, 7) is 3.64. The van der Waals surface area contributed by atoms with Crippen molar-refractivity contribution in [1.82, 2.24) is 4.98 Å². The molecule has 0 N–H and O–H groups in total. The van der Waals surface area contributed by atoms with Crippen LogP contribution in [0.15, 0.2) is 54.6 Å². The van der Waals surface area contributed by atoms with E-state index in [1.54, 1.807) is 25.1 Å². The first-order valence-corrected chi connectivity index (χ1v) is 9.26. The Labute approximate surface area is 156 Å². The molecule has 0 fully saturated rings. The van der Waals surface area contributed by atoms with Gasteiger partial charge in [-0.3, -0.25) is 4.79 Å². The van der Waals surface area contributed by atoms with E-state index in [4.69, 9.17) is 4.74 Å². The molecule has 5 heteroatoms. The summed E-state index contributed by atoms with van der Waals surface area (Å²) >= 11 is 1.49. The zero-order valence-electron chi connectivity index (χ0n) is 14.6. The molecule has 1 atom stereocenters. The highest BCUT2D eigenvalue weighted by Crippen LogP contribution is 2.22. The Bertz CT molecular complexity index is 924. The number of hydrogen-bond donors (Lipinski definition) is 0. The molecule has 0 unspecified atom stereocenters. The number of para-hydroxylation sites is 1. The maximum Gasteiger partial charge on any atom is 0.331 e. The number of rotatable bonds is 6. The van der Waals surface area contributed by atoms with Crippen LogP contribution in [-0.4, -0.2) is 22.8 Å². The summed E-state index contributed by atoms with van der Waals surface area (Å²) in [6, 6.07) is 15.1. The molecule has 0 aliphatic rings. The van der Waals surface area contributed by atoms with Crippen LogP contribution in [0.3, 0.4) is 0 Å². The van der Waals surface area contributed by atoms with Gasteiger partial charge in [-0.15, -0.1) is 11.3 Å². The summed E-state index contributed by atoms with van der Waals surface area (Å²) < 4.78 is 6.28. The molecule has 0 aliphatic carbocycles. The molecule has 3 rings (SSSR count). The molecule has 3 aromatic rings. The zero-order valence-corrected chi connectivity index (χ0v) is 15.5. The largest absolute Gasteiger partial charge is 0.451 e. The third-order valence-corrected chi connectivity index (χ3v) is 4.98. The molecule has 1 heterocycles. The number of aromatic nitrogens is 1. The van der Waals surface area contributed by atoms with Gasteiger partial charge in [0.15, 0.2) is 6.10 Å². The van der Waals surface area contributed by atoms with Gasteiger partial charge in [-0.1, -0.05) is 43.3 Å². The van der Waals surface area contributed by atoms with Crippen molar-refractivity contribution in [2.75, 3.05) is 0 Å². The number of nitrogens with zero attached hydrogens (tertiary/aromatic N) is 1. The van der Waals surface area contributed by atoms with Gasteiger partial charge < -0.3 is 4.74 Å². The van der Waals surface area contributed by atoms with E-state index in [0.717, 1.165) is 27.2 Å². The number of Topliss-reactive ketones (excluding diaryl/α,β-unsaturated/α-hetero) is 1. The van der Waals surface area contributed by atoms with Crippen LogP contribution in [0.1, 0.15) is 34.8 Å². The van der Waals surface area contributed by atoms with Crippen LogP contribution in [-0.2, 0) is 16.0 Å². The lowest BCUT2D eigenvalue weighted by Gasteiger charge is -2.11. The van der Waals surface area contributed by atoms with Crippen molar-refractivity contribution in [2.45, 2.75) is 26.4 Å². The number of aryl methyl sites for hydroxylation is 1. The maximum atomic E-state index is 12.4. The minimum Gasteiger partial charge on any atom is -0.451 e. The van der Waals surface area contributed by atoms with Crippen molar-refractivity contribution in [3.8, 4) is 0 Å². The molecule has 4 nitrogen and oxygen atoms in total. The number of carbonyl (C=O) groups is 2. The summed E-state index contributed by atoms with van der Waals surface area (Å²) in [6.07, 6.45) is 2.99. The van der Waals surface area contributed by atoms with Gasteiger partial charge in [0, 0.05) is 11.6 Å². The predicted octanol–water partition coefficient (Wildman–Crippen LogP) is 4.69. The number of benzene rings is 2. The molecule has 132 valence electrons. The third-order valence-electron chi connectivity index (χ3n) is 3.98. The molecular weight excluding hydrogens is 346 g/mol. The van der Waals surface area contributed by atoms with Crippen LogP contribution in [0.4, 0.5) is 0 Å². The highest BCUT2D eigenvalue weighted by molar-refractivity contribution is 7.19. The molecule has 0 spiro atoms. The Balaban J connectivity index is 1.61. The molecule has 1 aromatic heterocycles. The van der Waals surface area contributed by atoms with Gasteiger partial charge in [0.25, 0.3) is 0 Å². The topological polar surface area (TPSA) is 56.3 Å². The van der Waals surface area contributed by atoms with Crippen LogP contribution in [0, 0.1) is 0 Å². The first-order chi connectivity index (χ1) is 12.6. The second-order valence-electron chi connectivity index (χ2n) is 5.85. The average Bonchev–Trinajstić information content (AvgIpc) is 3.09. The van der Waals surface area contributed by atoms with Gasteiger partial charge in [0.2, 0.25) is 5.78 Å². The summed E-state index contributed by atoms with van der Waals surface area (Å²) in [4.78, 5) is 28.8. The number of carbonyl (C=O) groups excluding carboxylic acids is 2. The number of ketones is 1. The summed E-state index contributed by atoms with van der Waals surface area (Å²) in [7, 11) is 0. The number of esters is 1. The first kappa shape index (κ1) is 18.0. The van der Waals surface area contributed by atoms with Crippen molar-refractivity contribution in [3.63, 3.8) is 0 Å². The fraction of sp³-hybridized carbons (Fsp3) is 0.190. The van der Waals surface area contributed by atoms with Crippen molar-refractivity contribution in [2.24, 2.45) is 0 Å². The molecule has 0 saturated carbocycles. The van der Waals surface area contributed by atoms with Gasteiger partial charge >= 0.3 is 5.97 Å². The minimum atomic E-state index is -0.838. The standard InChI is InChI=1S/C21H19NO3S/c1-3-15-8-10-16(11-9-15)21(24)14(2)25-20(23)13-12-19-22-17-6-4-5-7-18(17)26-19/h4-14H,3H2,1-2H3/b13-12+/t14-/m1/s1. The molecule has 2 aromatic carbocycles. The van der Waals surface area contributed by atoms with E-state index in [1.165, 1.54) is 17.4 Å². The fourth-order valence-corrected chi connectivity index (χ4v) is 3.38. The molecule has 0 saturated heterocycles. The molecule has 26 heavy (non-hydrogen) atoms. The van der Waals surface area contributed by atoms with Crippen molar-refractivity contribution < 1.29 is 14.3 Å². The van der Waals surface area contributed by atoms with Crippen LogP contribution in [0.25, 0.3) is 16.3 Å². The second kappa shape index (κ2) is 8.06. The lowest BCUT2D eigenvalue weighted by atomic mass is 10.0. The van der Waals surface area contributed by atoms with E-state index in [9.17, 15) is 9.59 Å². The zero-order chi connectivity index (χ0) is 18.5. The van der Waals surface area contributed by atoms with Crippen LogP contribution >= 0.6 is 11.3 Å². The van der Waals surface area contributed by atoms with Gasteiger partial charge in [-0.05, 0) is 37.1 Å². The van der Waals surface area contributed by atoms with E-state index >= 15 is 0 Å². The normalized spacial score (nSPS) is 12.4. The summed E-state index contributed by atoms with van der Waals surface area (Å²) in [5.41, 5.74) is 2.59. The Kier molecular flexibility index (Phi) is 5.58. The minimum absolute atomic E-state index is 0.214. The first-order valence-electron chi connectivity index (χ1n) is 8.44. The van der Waals surface area contributed by atoms with Crippen LogP contribution in [0.2, 0.25) is 0 Å². The third kappa shape index (κ3) is 4.24. The fourth-order valence-electron chi connectivity index (χ4n) is 2.51. The smallest absolute Gasteiger partial charge is 0.331 e. The van der Waals surface area contributed by atoms with Crippen molar-refractivity contribution in [1.29, 1.82) is 0 Å². The quantitative estimate of drug-likeness (QED) is 0.361. The Morgan fingerprint density at radius 1 is 1.15 bits per heavy atom. The lowest BCUT2D eigenvalue weighted by molar-refractivity contribution is -0.140. The molecule has 0 bridgehead atoms. The van der Waals surface area contributed by atoms with Gasteiger partial charge in [-0.2, -0.15) is 0 Å². The lowest BCUT2D eigenvalue weighted by Crippen LogP contribution is -2.23. The van der Waals surface area contributed by atoms with E-state index in [0.29, 0.717) is 5.56 Å². The SMILES string of the molecule is CCc1ccc(C(=O)[C@@H](C)OC(=O)/C=C/c2nc3ccccc3s2)cc1. The molecule has 0 aliphatic heterocycles. The van der Waals surface area contributed by atoms with Gasteiger partial charge in [-0.25, -0.2) is 9.78 Å². The van der Waals surface area contributed by atoms with Crippen LogP contribution in [0.5, 0.6) is 0 Å². The predicted molar refractivity (Wildman–Crippen MR) is 104 cm³/mol. The number of thiazole rings is 1. The van der Waals surface area contributed by atoms with Crippen molar-refractivity contribution >= 4 is 39.4 Å². The highest BCUT2D eigenvalue weighted by Gasteiger charge is 2.18. The van der Waals surface area contributed by atoms with E-state index in [-0.39, 0.29) is 5.78 Å². The molecule has 0 radical (unpaired) electrons. The van der Waals surface area contributed by atoms with E-state index in [2.05, 4.69) is 11.9 Å². The Morgan fingerprint density at radius 2 is 1.88 bits per heavy atom. The van der Waals surface area contributed by atoms with Gasteiger partial charge in [0.05, 0.1) is 10.2 Å². The second-order valence-corrected chi connectivity index (χ2v) is 6.91. The maximum absolute atomic E-state index is 12.4. The van der Waals surface area contributed by atoms with E-state index < -0.39 is 12.1 Å². The average molecular weight is 365 g/mol. The van der Waals surface area contributed by atoms with Crippen LogP contribution < -0.4 is 0 Å². The van der Waals surface area contributed by atoms with Gasteiger partial charge in [0.1, 0.15) is 5.01 Å². The Morgan fingerprint density at radius 3 is 2.58 bits per heavy atom. The Hall–Kier alpha value is -2.79. The number of fused-ring (bicyclic) bond motifs is 1. The number of ether oxygens (including phenoxy) is 1. The van der Waals surface area contributed by atoms with E-state index in [1.807, 2.05) is 36.4 Å². The highest BCUT2D eigenvalue weighted by atomic mass is 32.1. The summed E-state index contributed by atoms with van der Waals surface area (Å²) in [5.74, 6) is -0.773. The molecule has 0 amide bonds. The van der Waals surface area contributed by atoms with Crippen molar-refractivity contribution in [3.05, 3.63) is 70.7 Å². The number of hydrogen-bond acceptors (Lipinski definition) is 5. The summed E-state index contributed by atoms with van der Waals surface area (Å²) in [5, 5.41) is 0.720. The molecular formula is C21H19NO3S.